The minimum atomic E-state index is -1.04. The number of aliphatic carboxylic acids is 1. The van der Waals surface area contributed by atoms with Crippen LogP contribution in [-0.4, -0.2) is 65.7 Å². The fraction of sp³-hybridized carbons (Fsp3) is 0.571. The lowest BCUT2D eigenvalue weighted by atomic mass is 9.99. The molecule has 1 N–H and O–H groups in total. The van der Waals surface area contributed by atoms with Crippen LogP contribution in [0.3, 0.4) is 0 Å². The molecule has 1 aliphatic heterocycles. The first-order chi connectivity index (χ1) is 14.0. The molecule has 1 aliphatic rings. The van der Waals surface area contributed by atoms with Crippen LogP contribution in [0.1, 0.15) is 38.2 Å². The van der Waals surface area contributed by atoms with Crippen molar-refractivity contribution in [2.45, 2.75) is 51.4 Å². The Morgan fingerprint density at radius 2 is 2.07 bits per heavy atom. The third kappa shape index (κ3) is 6.54. The molecule has 0 aliphatic carbocycles. The Morgan fingerprint density at radius 3 is 2.66 bits per heavy atom. The average molecular weight is 406 g/mol. The summed E-state index contributed by atoms with van der Waals surface area (Å²) in [5, 5.41) is 10.6. The van der Waals surface area contributed by atoms with Gasteiger partial charge in [-0.2, -0.15) is 0 Å². The van der Waals surface area contributed by atoms with Crippen molar-refractivity contribution < 1.29 is 29.1 Å². The monoisotopic (exact) mass is 406 g/mol. The van der Waals surface area contributed by atoms with Gasteiger partial charge in [-0.1, -0.05) is 50.1 Å². The number of hydrogen-bond acceptors (Lipinski definition) is 5. The van der Waals surface area contributed by atoms with Crippen LogP contribution in [0.2, 0.25) is 0 Å². The summed E-state index contributed by atoms with van der Waals surface area (Å²) in [6.07, 6.45) is 2.75. The molecule has 1 aromatic rings. The van der Waals surface area contributed by atoms with Crippen LogP contribution in [0.25, 0.3) is 0 Å². The molecule has 0 spiro atoms. The predicted octanol–water partition coefficient (Wildman–Crippen LogP) is 2.08. The largest absolute Gasteiger partial charge is 0.480 e. The molecule has 1 aromatic carbocycles. The van der Waals surface area contributed by atoms with Gasteiger partial charge in [0.25, 0.3) is 0 Å². The lowest BCUT2D eigenvalue weighted by Crippen LogP contribution is -2.46. The molecule has 1 saturated heterocycles. The molecule has 2 amide bonds. The number of hydrogen-bond donors (Lipinski definition) is 1. The summed E-state index contributed by atoms with van der Waals surface area (Å²) in [7, 11) is 1.51. The highest BCUT2D eigenvalue weighted by Gasteiger charge is 2.42. The van der Waals surface area contributed by atoms with Crippen molar-refractivity contribution in [3.05, 3.63) is 35.9 Å². The Kier molecular flexibility index (Phi) is 9.08. The zero-order chi connectivity index (χ0) is 21.2. The van der Waals surface area contributed by atoms with Gasteiger partial charge in [-0.3, -0.25) is 14.4 Å². The number of hydroxylamine groups is 2. The number of amides is 2. The Labute approximate surface area is 171 Å². The molecule has 2 unspecified atom stereocenters. The SMILES string of the molecule is CCCC[C@H](CN(C=O)OCc1ccccc1)C(=O)N1CC(OC)CC1C(=O)O. The topological polar surface area (TPSA) is 96.4 Å². The molecule has 3 atom stereocenters. The molecule has 29 heavy (non-hydrogen) atoms. The zero-order valence-electron chi connectivity index (χ0n) is 17.0. The number of benzene rings is 1. The van der Waals surface area contributed by atoms with Gasteiger partial charge in [0.1, 0.15) is 12.6 Å². The average Bonchev–Trinajstić information content (AvgIpc) is 3.18. The molecule has 1 fully saturated rings. The van der Waals surface area contributed by atoms with Crippen molar-refractivity contribution in [1.29, 1.82) is 0 Å². The van der Waals surface area contributed by atoms with E-state index in [4.69, 9.17) is 9.57 Å². The highest BCUT2D eigenvalue weighted by molar-refractivity contribution is 5.86. The van der Waals surface area contributed by atoms with Gasteiger partial charge in [0.2, 0.25) is 12.3 Å². The van der Waals surface area contributed by atoms with Crippen LogP contribution < -0.4 is 0 Å². The summed E-state index contributed by atoms with van der Waals surface area (Å²) in [5.41, 5.74) is 0.907. The van der Waals surface area contributed by atoms with Crippen LogP contribution in [0.15, 0.2) is 30.3 Å². The Hall–Kier alpha value is -2.45. The number of unbranched alkanes of at least 4 members (excludes halogenated alkanes) is 1. The van der Waals surface area contributed by atoms with Crippen LogP contribution in [0.5, 0.6) is 0 Å². The second-order valence-electron chi connectivity index (χ2n) is 7.24. The molecular formula is C21H30N2O6. The minimum absolute atomic E-state index is 0.0790. The van der Waals surface area contributed by atoms with Gasteiger partial charge in [0.15, 0.2) is 0 Å². The lowest BCUT2D eigenvalue weighted by molar-refractivity contribution is -0.183. The van der Waals surface area contributed by atoms with Crippen LogP contribution in [0.4, 0.5) is 0 Å². The maximum absolute atomic E-state index is 13.2. The normalized spacial score (nSPS) is 19.7. The van der Waals surface area contributed by atoms with Crippen LogP contribution in [0, 0.1) is 5.92 Å². The Morgan fingerprint density at radius 1 is 1.34 bits per heavy atom. The Balaban J connectivity index is 2.06. The summed E-state index contributed by atoms with van der Waals surface area (Å²) in [6.45, 7) is 2.54. The fourth-order valence-corrected chi connectivity index (χ4v) is 3.50. The highest BCUT2D eigenvalue weighted by Crippen LogP contribution is 2.25. The van der Waals surface area contributed by atoms with Crippen molar-refractivity contribution in [3.8, 4) is 0 Å². The molecule has 0 saturated carbocycles. The summed E-state index contributed by atoms with van der Waals surface area (Å²) in [4.78, 5) is 43.2. The third-order valence-electron chi connectivity index (χ3n) is 5.18. The first-order valence-electron chi connectivity index (χ1n) is 9.95. The third-order valence-corrected chi connectivity index (χ3v) is 5.18. The van der Waals surface area contributed by atoms with E-state index in [0.717, 1.165) is 23.5 Å². The second kappa shape index (κ2) is 11.5. The number of nitrogens with zero attached hydrogens (tertiary/aromatic N) is 2. The van der Waals surface area contributed by atoms with Crippen LogP contribution >= 0.6 is 0 Å². The van der Waals surface area contributed by atoms with E-state index in [1.165, 1.54) is 12.0 Å². The summed E-state index contributed by atoms with van der Waals surface area (Å²) >= 11 is 0. The first kappa shape index (κ1) is 22.8. The zero-order valence-corrected chi connectivity index (χ0v) is 17.0. The summed E-state index contributed by atoms with van der Waals surface area (Å²) < 4.78 is 5.27. The van der Waals surface area contributed by atoms with Crippen LogP contribution in [-0.2, 0) is 30.6 Å². The first-order valence-corrected chi connectivity index (χ1v) is 9.95. The maximum Gasteiger partial charge on any atom is 0.326 e. The smallest absolute Gasteiger partial charge is 0.326 e. The number of likely N-dealkylation sites (tertiary alicyclic amines) is 1. The van der Waals surface area contributed by atoms with E-state index in [0.29, 0.717) is 12.8 Å². The van der Waals surface area contributed by atoms with Gasteiger partial charge in [-0.25, -0.2) is 9.86 Å². The molecule has 0 aromatic heterocycles. The predicted molar refractivity (Wildman–Crippen MR) is 106 cm³/mol. The number of ether oxygens (including phenoxy) is 1. The van der Waals surface area contributed by atoms with Gasteiger partial charge >= 0.3 is 5.97 Å². The molecule has 0 bridgehead atoms. The van der Waals surface area contributed by atoms with E-state index in [2.05, 4.69) is 0 Å². The number of carbonyl (C=O) groups excluding carboxylic acids is 2. The number of carbonyl (C=O) groups is 3. The lowest BCUT2D eigenvalue weighted by Gasteiger charge is -2.29. The van der Waals surface area contributed by atoms with Crippen molar-refractivity contribution >= 4 is 18.3 Å². The molecule has 160 valence electrons. The summed E-state index contributed by atoms with van der Waals surface area (Å²) in [5.74, 6) is -1.85. The second-order valence-corrected chi connectivity index (χ2v) is 7.24. The number of carboxylic acids is 1. The van der Waals surface area contributed by atoms with Gasteiger partial charge in [-0.05, 0) is 12.0 Å². The summed E-state index contributed by atoms with van der Waals surface area (Å²) in [6, 6.07) is 8.51. The molecule has 1 heterocycles. The highest BCUT2D eigenvalue weighted by atomic mass is 16.7. The van der Waals surface area contributed by atoms with E-state index in [1.807, 2.05) is 37.3 Å². The van der Waals surface area contributed by atoms with Gasteiger partial charge in [-0.15, -0.1) is 0 Å². The van der Waals surface area contributed by atoms with E-state index in [9.17, 15) is 19.5 Å². The fourth-order valence-electron chi connectivity index (χ4n) is 3.50. The van der Waals surface area contributed by atoms with Crippen molar-refractivity contribution in [2.24, 2.45) is 5.92 Å². The minimum Gasteiger partial charge on any atom is -0.480 e. The van der Waals surface area contributed by atoms with Crippen molar-refractivity contribution in [2.75, 3.05) is 20.2 Å². The maximum atomic E-state index is 13.2. The molecular weight excluding hydrogens is 376 g/mol. The number of rotatable bonds is 12. The Bertz CT molecular complexity index is 668. The van der Waals surface area contributed by atoms with Gasteiger partial charge < -0.3 is 14.7 Å². The standard InChI is InChI=1S/C21H30N2O6/c1-3-4-10-17(12-22(15-24)29-14-16-8-6-5-7-9-16)20(25)23-13-18(28-2)11-19(23)21(26)27/h5-9,15,17-19H,3-4,10-14H2,1-2H3,(H,26,27)/t17-,18?,19?/m1/s1. The molecule has 8 nitrogen and oxygen atoms in total. The van der Waals surface area contributed by atoms with Crippen molar-refractivity contribution in [1.82, 2.24) is 9.96 Å². The van der Waals surface area contributed by atoms with E-state index in [-0.39, 0.29) is 38.1 Å². The van der Waals surface area contributed by atoms with E-state index in [1.54, 1.807) is 0 Å². The number of methoxy groups -OCH3 is 1. The molecule has 8 heteroatoms. The molecule has 2 rings (SSSR count). The van der Waals surface area contributed by atoms with Gasteiger partial charge in [0.05, 0.1) is 18.6 Å². The van der Waals surface area contributed by atoms with Crippen molar-refractivity contribution in [3.63, 3.8) is 0 Å². The van der Waals surface area contributed by atoms with Gasteiger partial charge in [0, 0.05) is 20.1 Å². The molecule has 0 radical (unpaired) electrons. The van der Waals surface area contributed by atoms with E-state index < -0.39 is 17.9 Å². The number of carboxylic acid groups (broad SMARTS) is 1. The quantitative estimate of drug-likeness (QED) is 0.422. The van der Waals surface area contributed by atoms with E-state index >= 15 is 0 Å².